The topological polar surface area (TPSA) is 37.3 Å². The Balaban J connectivity index is 1.88. The van der Waals surface area contributed by atoms with E-state index in [1.54, 1.807) is 0 Å². The molecule has 0 aromatic rings. The van der Waals surface area contributed by atoms with Crippen molar-refractivity contribution in [3.05, 3.63) is 0 Å². The van der Waals surface area contributed by atoms with Crippen LogP contribution in [-0.2, 0) is 4.79 Å². The maximum absolute atomic E-state index is 11.5. The first kappa shape index (κ1) is 24.5. The summed E-state index contributed by atoms with van der Waals surface area (Å²) in [6.45, 7) is 2.28. The Labute approximate surface area is 169 Å². The summed E-state index contributed by atoms with van der Waals surface area (Å²) in [5.41, 5.74) is 0. The molecule has 0 spiro atoms. The van der Waals surface area contributed by atoms with Crippen LogP contribution in [0.3, 0.4) is 0 Å². The third-order valence-electron chi connectivity index (χ3n) is 6.60. The van der Waals surface area contributed by atoms with E-state index in [-0.39, 0.29) is 5.92 Å². The number of rotatable bonds is 18. The number of hydrogen-bond acceptors (Lipinski definition) is 1. The summed E-state index contributed by atoms with van der Waals surface area (Å²) in [5, 5.41) is 9.51. The summed E-state index contributed by atoms with van der Waals surface area (Å²) in [6, 6.07) is 0. The van der Waals surface area contributed by atoms with Crippen LogP contribution in [0.25, 0.3) is 0 Å². The lowest BCUT2D eigenvalue weighted by atomic mass is 9.81. The van der Waals surface area contributed by atoms with Crippen LogP contribution >= 0.6 is 0 Å². The zero-order chi connectivity index (χ0) is 19.6. The first-order valence-electron chi connectivity index (χ1n) is 12.5. The molecule has 0 heterocycles. The van der Waals surface area contributed by atoms with Crippen LogP contribution in [0.2, 0.25) is 0 Å². The van der Waals surface area contributed by atoms with Gasteiger partial charge in [0, 0.05) is 0 Å². The third kappa shape index (κ3) is 14.2. The number of aliphatic carboxylic acids is 1. The van der Waals surface area contributed by atoms with E-state index < -0.39 is 5.97 Å². The molecular weight excluding hydrogens is 332 g/mol. The maximum atomic E-state index is 11.5. The van der Waals surface area contributed by atoms with Gasteiger partial charge in [-0.05, 0) is 18.8 Å². The van der Waals surface area contributed by atoms with Crippen molar-refractivity contribution in [3.8, 4) is 0 Å². The number of unbranched alkanes of at least 4 members (excludes halogenated alkanes) is 13. The number of carboxylic acids is 1. The molecule has 2 nitrogen and oxygen atoms in total. The van der Waals surface area contributed by atoms with E-state index in [1.807, 2.05) is 0 Å². The lowest BCUT2D eigenvalue weighted by Gasteiger charge is -2.24. The number of hydrogen-bond donors (Lipinski definition) is 1. The van der Waals surface area contributed by atoms with Gasteiger partial charge in [0.1, 0.15) is 0 Å². The van der Waals surface area contributed by atoms with Crippen LogP contribution in [0.15, 0.2) is 0 Å². The molecule has 0 aromatic heterocycles. The van der Waals surface area contributed by atoms with Crippen molar-refractivity contribution in [2.45, 2.75) is 142 Å². The smallest absolute Gasteiger partial charge is 0.306 e. The van der Waals surface area contributed by atoms with Gasteiger partial charge in [-0.15, -0.1) is 0 Å². The van der Waals surface area contributed by atoms with Gasteiger partial charge >= 0.3 is 5.97 Å². The van der Waals surface area contributed by atoms with E-state index in [1.165, 1.54) is 116 Å². The highest BCUT2D eigenvalue weighted by atomic mass is 16.4. The highest BCUT2D eigenvalue weighted by Gasteiger charge is 2.23. The minimum atomic E-state index is -0.546. The Hall–Kier alpha value is -0.530. The molecule has 1 aliphatic carbocycles. The summed E-state index contributed by atoms with van der Waals surface area (Å²) >= 11 is 0. The highest BCUT2D eigenvalue weighted by Crippen LogP contribution is 2.31. The summed E-state index contributed by atoms with van der Waals surface area (Å²) in [7, 11) is 0. The standard InChI is InChI=1S/C25H48O2/c1-2-3-4-5-6-7-8-9-10-11-12-13-14-18-21-24(25(26)27)22-23-19-16-15-17-20-23/h23-24H,2-22H2,1H3,(H,26,27). The van der Waals surface area contributed by atoms with Crippen molar-refractivity contribution in [1.29, 1.82) is 0 Å². The first-order valence-corrected chi connectivity index (χ1v) is 12.5. The Kier molecular flexibility index (Phi) is 15.9. The average molecular weight is 381 g/mol. The van der Waals surface area contributed by atoms with Gasteiger partial charge in [0.25, 0.3) is 0 Å². The lowest BCUT2D eigenvalue weighted by molar-refractivity contribution is -0.142. The SMILES string of the molecule is CCCCCCCCCCCCCCCCC(CC1CCCCC1)C(=O)O. The largest absolute Gasteiger partial charge is 0.481 e. The minimum Gasteiger partial charge on any atom is -0.481 e. The second kappa shape index (κ2) is 17.6. The fourth-order valence-electron chi connectivity index (χ4n) is 4.75. The molecular formula is C25H48O2. The van der Waals surface area contributed by atoms with Crippen LogP contribution < -0.4 is 0 Å². The Morgan fingerprint density at radius 1 is 0.741 bits per heavy atom. The Morgan fingerprint density at radius 3 is 1.63 bits per heavy atom. The molecule has 1 saturated carbocycles. The maximum Gasteiger partial charge on any atom is 0.306 e. The van der Waals surface area contributed by atoms with E-state index in [2.05, 4.69) is 6.92 Å². The summed E-state index contributed by atoms with van der Waals surface area (Å²) < 4.78 is 0. The van der Waals surface area contributed by atoms with Crippen LogP contribution in [0.5, 0.6) is 0 Å². The summed E-state index contributed by atoms with van der Waals surface area (Å²) in [5.74, 6) is 0.0622. The summed E-state index contributed by atoms with van der Waals surface area (Å²) in [6.07, 6.45) is 27.4. The molecule has 1 unspecified atom stereocenters. The molecule has 0 saturated heterocycles. The van der Waals surface area contributed by atoms with Gasteiger partial charge < -0.3 is 5.11 Å². The third-order valence-corrected chi connectivity index (χ3v) is 6.60. The molecule has 1 rings (SSSR count). The highest BCUT2D eigenvalue weighted by molar-refractivity contribution is 5.69. The Morgan fingerprint density at radius 2 is 1.19 bits per heavy atom. The number of carbonyl (C=O) groups is 1. The molecule has 1 fully saturated rings. The monoisotopic (exact) mass is 380 g/mol. The average Bonchev–Trinajstić information content (AvgIpc) is 2.68. The van der Waals surface area contributed by atoms with Crippen molar-refractivity contribution in [2.24, 2.45) is 11.8 Å². The normalized spacial score (nSPS) is 16.5. The van der Waals surface area contributed by atoms with E-state index >= 15 is 0 Å². The van der Waals surface area contributed by atoms with E-state index in [4.69, 9.17) is 0 Å². The van der Waals surface area contributed by atoms with Crippen molar-refractivity contribution in [3.63, 3.8) is 0 Å². The van der Waals surface area contributed by atoms with E-state index in [0.717, 1.165) is 19.3 Å². The quantitative estimate of drug-likeness (QED) is 0.242. The van der Waals surface area contributed by atoms with Crippen molar-refractivity contribution in [1.82, 2.24) is 0 Å². The van der Waals surface area contributed by atoms with Gasteiger partial charge in [-0.1, -0.05) is 129 Å². The first-order chi connectivity index (χ1) is 13.2. The van der Waals surface area contributed by atoms with Crippen LogP contribution in [0.4, 0.5) is 0 Å². The second-order valence-electron chi connectivity index (χ2n) is 9.16. The zero-order valence-electron chi connectivity index (χ0n) is 18.4. The lowest BCUT2D eigenvalue weighted by Crippen LogP contribution is -2.19. The molecule has 1 aliphatic rings. The molecule has 0 radical (unpaired) electrons. The van der Waals surface area contributed by atoms with Gasteiger partial charge in [0.05, 0.1) is 5.92 Å². The van der Waals surface area contributed by atoms with Crippen LogP contribution in [0, 0.1) is 11.8 Å². The zero-order valence-corrected chi connectivity index (χ0v) is 18.4. The van der Waals surface area contributed by atoms with E-state index in [9.17, 15) is 9.90 Å². The predicted octanol–water partition coefficient (Wildman–Crippen LogP) is 8.53. The van der Waals surface area contributed by atoms with Crippen LogP contribution in [0.1, 0.15) is 142 Å². The summed E-state index contributed by atoms with van der Waals surface area (Å²) in [4.78, 5) is 11.5. The second-order valence-corrected chi connectivity index (χ2v) is 9.16. The molecule has 160 valence electrons. The fourth-order valence-corrected chi connectivity index (χ4v) is 4.75. The molecule has 0 aromatic carbocycles. The van der Waals surface area contributed by atoms with Crippen LogP contribution in [-0.4, -0.2) is 11.1 Å². The van der Waals surface area contributed by atoms with Gasteiger partial charge in [-0.2, -0.15) is 0 Å². The predicted molar refractivity (Wildman–Crippen MR) is 117 cm³/mol. The van der Waals surface area contributed by atoms with Gasteiger partial charge in [-0.3, -0.25) is 4.79 Å². The molecule has 0 bridgehead atoms. The molecule has 2 heteroatoms. The van der Waals surface area contributed by atoms with Crippen molar-refractivity contribution in [2.75, 3.05) is 0 Å². The van der Waals surface area contributed by atoms with E-state index in [0.29, 0.717) is 5.92 Å². The Bertz CT molecular complexity index is 333. The van der Waals surface area contributed by atoms with Gasteiger partial charge in [-0.25, -0.2) is 0 Å². The van der Waals surface area contributed by atoms with Gasteiger partial charge in [0.2, 0.25) is 0 Å². The molecule has 1 N–H and O–H groups in total. The molecule has 27 heavy (non-hydrogen) atoms. The van der Waals surface area contributed by atoms with Crippen molar-refractivity contribution < 1.29 is 9.90 Å². The molecule has 0 amide bonds. The fraction of sp³-hybridized carbons (Fsp3) is 0.960. The number of carboxylic acid groups (broad SMARTS) is 1. The minimum absolute atomic E-state index is 0.0783. The van der Waals surface area contributed by atoms with Crippen molar-refractivity contribution >= 4 is 5.97 Å². The van der Waals surface area contributed by atoms with Gasteiger partial charge in [0.15, 0.2) is 0 Å². The molecule has 1 atom stereocenters. The molecule has 0 aliphatic heterocycles.